The largest absolute Gasteiger partial charge is 0.395 e. The number of likely N-dealkylation sites (N-methyl/N-ethyl adjacent to an activating group) is 1. The van der Waals surface area contributed by atoms with Gasteiger partial charge in [0, 0.05) is 12.4 Å². The minimum atomic E-state index is 0.262. The number of alkyl halides is 1. The number of hydrogen-bond donors (Lipinski definition) is 1. The average Bonchev–Trinajstić information content (AvgIpc) is 2.05. The molecule has 1 N–H and O–H groups in total. The zero-order valence-corrected chi connectivity index (χ0v) is 8.69. The third-order valence-electron chi connectivity index (χ3n) is 1.91. The van der Waals surface area contributed by atoms with E-state index in [1.165, 1.54) is 19.3 Å². The summed E-state index contributed by atoms with van der Waals surface area (Å²) in [5.41, 5.74) is 0. The van der Waals surface area contributed by atoms with Crippen LogP contribution in [0.4, 0.5) is 0 Å². The van der Waals surface area contributed by atoms with Crippen LogP contribution in [-0.2, 0) is 0 Å². The van der Waals surface area contributed by atoms with E-state index in [1.807, 2.05) is 7.05 Å². The molecule has 3 heteroatoms. The maximum absolute atomic E-state index is 8.62. The molecule has 0 fully saturated rings. The van der Waals surface area contributed by atoms with Gasteiger partial charge >= 0.3 is 0 Å². The minimum Gasteiger partial charge on any atom is -0.395 e. The van der Waals surface area contributed by atoms with Crippen molar-refractivity contribution < 1.29 is 5.11 Å². The van der Waals surface area contributed by atoms with Gasteiger partial charge in [0.2, 0.25) is 0 Å². The molecule has 0 aliphatic heterocycles. The smallest absolute Gasteiger partial charge is 0.0558 e. The van der Waals surface area contributed by atoms with E-state index in [9.17, 15) is 0 Å². The SMILES string of the molecule is CN(CCO)CCCCCCCl. The molecule has 0 saturated carbocycles. The molecule has 2 nitrogen and oxygen atoms in total. The Morgan fingerprint density at radius 1 is 1.08 bits per heavy atom. The molecule has 0 radical (unpaired) electrons. The van der Waals surface area contributed by atoms with Crippen LogP contribution < -0.4 is 0 Å². The minimum absolute atomic E-state index is 0.262. The van der Waals surface area contributed by atoms with Crippen LogP contribution in [0.1, 0.15) is 25.7 Å². The molecule has 0 aromatic heterocycles. The molecule has 0 unspecified atom stereocenters. The fourth-order valence-corrected chi connectivity index (χ4v) is 1.30. The van der Waals surface area contributed by atoms with Gasteiger partial charge in [-0.25, -0.2) is 0 Å². The van der Waals surface area contributed by atoms with Crippen molar-refractivity contribution in [3.05, 3.63) is 0 Å². The van der Waals surface area contributed by atoms with Gasteiger partial charge in [-0.2, -0.15) is 0 Å². The van der Waals surface area contributed by atoms with E-state index in [0.717, 1.165) is 25.4 Å². The summed E-state index contributed by atoms with van der Waals surface area (Å²) in [6.45, 7) is 2.14. The zero-order valence-electron chi connectivity index (χ0n) is 7.93. The number of rotatable bonds is 8. The standard InChI is InChI=1S/C9H20ClNO/c1-11(8-9-12)7-5-3-2-4-6-10/h12H,2-9H2,1H3. The van der Waals surface area contributed by atoms with E-state index in [0.29, 0.717) is 0 Å². The van der Waals surface area contributed by atoms with E-state index in [4.69, 9.17) is 16.7 Å². The predicted molar refractivity (Wildman–Crippen MR) is 53.8 cm³/mol. The van der Waals surface area contributed by atoms with Crippen LogP contribution in [0.5, 0.6) is 0 Å². The van der Waals surface area contributed by atoms with Crippen LogP contribution in [0.2, 0.25) is 0 Å². The highest BCUT2D eigenvalue weighted by molar-refractivity contribution is 6.17. The normalized spacial score (nSPS) is 11.0. The van der Waals surface area contributed by atoms with E-state index < -0.39 is 0 Å². The van der Waals surface area contributed by atoms with Gasteiger partial charge < -0.3 is 10.0 Å². The van der Waals surface area contributed by atoms with Crippen LogP contribution in [0, 0.1) is 0 Å². The Bertz CT molecular complexity index is 90.6. The second kappa shape index (κ2) is 9.30. The number of hydrogen-bond acceptors (Lipinski definition) is 2. The molecule has 0 rings (SSSR count). The first-order valence-electron chi connectivity index (χ1n) is 4.66. The monoisotopic (exact) mass is 193 g/mol. The van der Waals surface area contributed by atoms with Crippen LogP contribution in [0.25, 0.3) is 0 Å². The van der Waals surface area contributed by atoms with E-state index in [1.54, 1.807) is 0 Å². The van der Waals surface area contributed by atoms with Gasteiger partial charge in [-0.3, -0.25) is 0 Å². The van der Waals surface area contributed by atoms with Gasteiger partial charge in [-0.1, -0.05) is 12.8 Å². The van der Waals surface area contributed by atoms with Crippen molar-refractivity contribution >= 4 is 11.6 Å². The molecule has 0 aromatic carbocycles. The molecule has 0 saturated heterocycles. The van der Waals surface area contributed by atoms with Crippen LogP contribution in [-0.4, -0.2) is 42.6 Å². The highest BCUT2D eigenvalue weighted by atomic mass is 35.5. The van der Waals surface area contributed by atoms with Gasteiger partial charge in [0.25, 0.3) is 0 Å². The van der Waals surface area contributed by atoms with E-state index >= 15 is 0 Å². The van der Waals surface area contributed by atoms with Crippen molar-refractivity contribution in [2.45, 2.75) is 25.7 Å². The molecule has 0 aliphatic rings. The van der Waals surface area contributed by atoms with Gasteiger partial charge in [0.1, 0.15) is 0 Å². The van der Waals surface area contributed by atoms with Gasteiger partial charge in [0.05, 0.1) is 6.61 Å². The molecule has 0 heterocycles. The molecule has 0 spiro atoms. The Hall–Kier alpha value is 0.210. The summed E-state index contributed by atoms with van der Waals surface area (Å²) in [6, 6.07) is 0. The number of halogens is 1. The van der Waals surface area contributed by atoms with Crippen molar-refractivity contribution in [2.75, 3.05) is 32.6 Å². The first-order chi connectivity index (χ1) is 5.81. The Morgan fingerprint density at radius 2 is 1.75 bits per heavy atom. The molecule has 12 heavy (non-hydrogen) atoms. The third kappa shape index (κ3) is 8.31. The van der Waals surface area contributed by atoms with E-state index in [2.05, 4.69) is 4.90 Å². The lowest BCUT2D eigenvalue weighted by atomic mass is 10.2. The van der Waals surface area contributed by atoms with Crippen molar-refractivity contribution in [1.82, 2.24) is 4.90 Å². The molecular formula is C9H20ClNO. The van der Waals surface area contributed by atoms with Gasteiger partial charge in [-0.15, -0.1) is 11.6 Å². The average molecular weight is 194 g/mol. The highest BCUT2D eigenvalue weighted by Crippen LogP contribution is 2.01. The summed E-state index contributed by atoms with van der Waals surface area (Å²) in [5.74, 6) is 0.784. The second-order valence-corrected chi connectivity index (χ2v) is 3.51. The lowest BCUT2D eigenvalue weighted by Gasteiger charge is -2.14. The zero-order chi connectivity index (χ0) is 9.23. The quantitative estimate of drug-likeness (QED) is 0.469. The molecule has 0 atom stereocenters. The lowest BCUT2D eigenvalue weighted by molar-refractivity contribution is 0.219. The maximum atomic E-state index is 8.62. The summed E-state index contributed by atoms with van der Waals surface area (Å²) in [4.78, 5) is 2.15. The lowest BCUT2D eigenvalue weighted by Crippen LogP contribution is -2.23. The summed E-state index contributed by atoms with van der Waals surface area (Å²) in [6.07, 6.45) is 4.83. The Labute approximate surface area is 80.5 Å². The Balaban J connectivity index is 2.97. The maximum Gasteiger partial charge on any atom is 0.0558 e. The highest BCUT2D eigenvalue weighted by Gasteiger charge is 1.95. The topological polar surface area (TPSA) is 23.5 Å². The summed E-state index contributed by atoms with van der Waals surface area (Å²) in [7, 11) is 2.04. The third-order valence-corrected chi connectivity index (χ3v) is 2.17. The van der Waals surface area contributed by atoms with Gasteiger partial charge in [-0.05, 0) is 26.4 Å². The fourth-order valence-electron chi connectivity index (χ4n) is 1.11. The van der Waals surface area contributed by atoms with Crippen molar-refractivity contribution in [3.63, 3.8) is 0 Å². The van der Waals surface area contributed by atoms with Crippen molar-refractivity contribution in [2.24, 2.45) is 0 Å². The molecule has 0 amide bonds. The molecular weight excluding hydrogens is 174 g/mol. The number of aliphatic hydroxyl groups excluding tert-OH is 1. The first kappa shape index (κ1) is 12.2. The van der Waals surface area contributed by atoms with Crippen LogP contribution in [0.3, 0.4) is 0 Å². The summed E-state index contributed by atoms with van der Waals surface area (Å²) >= 11 is 5.55. The van der Waals surface area contributed by atoms with Crippen molar-refractivity contribution in [3.8, 4) is 0 Å². The van der Waals surface area contributed by atoms with Crippen LogP contribution in [0.15, 0.2) is 0 Å². The number of aliphatic hydroxyl groups is 1. The number of nitrogens with zero attached hydrogens (tertiary/aromatic N) is 1. The fraction of sp³-hybridized carbons (Fsp3) is 1.00. The molecule has 0 bridgehead atoms. The van der Waals surface area contributed by atoms with Crippen molar-refractivity contribution in [1.29, 1.82) is 0 Å². The predicted octanol–water partition coefficient (Wildman–Crippen LogP) is 1.71. The number of unbranched alkanes of at least 4 members (excludes halogenated alkanes) is 3. The van der Waals surface area contributed by atoms with Gasteiger partial charge in [0.15, 0.2) is 0 Å². The Kier molecular flexibility index (Phi) is 9.46. The van der Waals surface area contributed by atoms with Crippen LogP contribution >= 0.6 is 11.6 Å². The second-order valence-electron chi connectivity index (χ2n) is 3.13. The molecule has 0 aliphatic carbocycles. The molecule has 0 aromatic rings. The van der Waals surface area contributed by atoms with E-state index in [-0.39, 0.29) is 6.61 Å². The molecule has 74 valence electrons. The summed E-state index contributed by atoms with van der Waals surface area (Å²) < 4.78 is 0. The first-order valence-corrected chi connectivity index (χ1v) is 5.20. The Morgan fingerprint density at radius 3 is 2.33 bits per heavy atom. The summed E-state index contributed by atoms with van der Waals surface area (Å²) in [5, 5.41) is 8.62.